The van der Waals surface area contributed by atoms with Crippen LogP contribution in [-0.2, 0) is 0 Å². The lowest BCUT2D eigenvalue weighted by Gasteiger charge is -2.24. The van der Waals surface area contributed by atoms with Crippen molar-refractivity contribution in [3.8, 4) is 0 Å². The Morgan fingerprint density at radius 1 is 1.40 bits per heavy atom. The summed E-state index contributed by atoms with van der Waals surface area (Å²) in [4.78, 5) is 13.2. The Kier molecular flexibility index (Phi) is 3.83. The molecule has 1 aromatic heterocycles. The van der Waals surface area contributed by atoms with Gasteiger partial charge in [-0.3, -0.25) is 4.79 Å². The first-order chi connectivity index (χ1) is 7.18. The molecule has 0 spiro atoms. The lowest BCUT2D eigenvalue weighted by atomic mass is 9.80. The highest BCUT2D eigenvalue weighted by Gasteiger charge is 2.26. The van der Waals surface area contributed by atoms with Crippen LogP contribution in [0, 0.1) is 15.4 Å². The number of hydrogen-bond donors (Lipinski definition) is 0. The molecule has 1 aromatic rings. The minimum absolute atomic E-state index is 0.299. The van der Waals surface area contributed by atoms with Gasteiger partial charge in [-0.2, -0.15) is 0 Å². The molecule has 3 heteroatoms. The SMILES string of the molecule is CC1CCC(C(=O)c2sccc2I)CC1. The van der Waals surface area contributed by atoms with Crippen LogP contribution < -0.4 is 0 Å². The normalized spacial score (nSPS) is 26.5. The Bertz CT molecular complexity index is 350. The zero-order chi connectivity index (χ0) is 10.8. The largest absolute Gasteiger partial charge is 0.293 e. The van der Waals surface area contributed by atoms with Crippen molar-refractivity contribution in [2.24, 2.45) is 11.8 Å². The van der Waals surface area contributed by atoms with Crippen LogP contribution in [0.15, 0.2) is 11.4 Å². The zero-order valence-corrected chi connectivity index (χ0v) is 11.8. The van der Waals surface area contributed by atoms with E-state index in [2.05, 4.69) is 29.5 Å². The fourth-order valence-electron chi connectivity index (χ4n) is 2.18. The first-order valence-electron chi connectivity index (χ1n) is 5.45. The fourth-order valence-corrected chi connectivity index (χ4v) is 4.05. The van der Waals surface area contributed by atoms with E-state index in [-0.39, 0.29) is 0 Å². The first kappa shape index (κ1) is 11.6. The average Bonchev–Trinajstić information content (AvgIpc) is 2.65. The molecule has 82 valence electrons. The fraction of sp³-hybridized carbons (Fsp3) is 0.583. The molecule has 1 fully saturated rings. The van der Waals surface area contributed by atoms with Gasteiger partial charge in [0.2, 0.25) is 0 Å². The van der Waals surface area contributed by atoms with Gasteiger partial charge in [-0.15, -0.1) is 11.3 Å². The summed E-state index contributed by atoms with van der Waals surface area (Å²) >= 11 is 3.86. The summed E-state index contributed by atoms with van der Waals surface area (Å²) in [7, 11) is 0. The molecule has 15 heavy (non-hydrogen) atoms. The molecular formula is C12H15IOS. The minimum atomic E-state index is 0.299. The average molecular weight is 334 g/mol. The van der Waals surface area contributed by atoms with Gasteiger partial charge in [-0.1, -0.05) is 19.8 Å². The van der Waals surface area contributed by atoms with Crippen molar-refractivity contribution < 1.29 is 4.79 Å². The molecule has 1 heterocycles. The van der Waals surface area contributed by atoms with E-state index in [1.807, 2.05) is 11.4 Å². The van der Waals surface area contributed by atoms with Crippen molar-refractivity contribution in [2.75, 3.05) is 0 Å². The van der Waals surface area contributed by atoms with Gasteiger partial charge in [0.1, 0.15) is 0 Å². The third-order valence-corrected chi connectivity index (χ3v) is 5.42. The highest BCUT2D eigenvalue weighted by molar-refractivity contribution is 14.1. The van der Waals surface area contributed by atoms with E-state index in [1.165, 1.54) is 12.8 Å². The van der Waals surface area contributed by atoms with Crippen molar-refractivity contribution in [2.45, 2.75) is 32.6 Å². The predicted molar refractivity (Wildman–Crippen MR) is 72.5 cm³/mol. The van der Waals surface area contributed by atoms with Gasteiger partial charge in [0.15, 0.2) is 5.78 Å². The highest BCUT2D eigenvalue weighted by Crippen LogP contribution is 2.32. The smallest absolute Gasteiger partial charge is 0.176 e. The number of halogens is 1. The quantitative estimate of drug-likeness (QED) is 0.580. The zero-order valence-electron chi connectivity index (χ0n) is 8.83. The second kappa shape index (κ2) is 4.95. The highest BCUT2D eigenvalue weighted by atomic mass is 127. The summed E-state index contributed by atoms with van der Waals surface area (Å²) in [5.74, 6) is 1.51. The predicted octanol–water partition coefficient (Wildman–Crippen LogP) is 4.36. The molecule has 0 aromatic carbocycles. The molecule has 2 rings (SSSR count). The van der Waals surface area contributed by atoms with Crippen LogP contribution in [0.1, 0.15) is 42.3 Å². The Balaban J connectivity index is 2.06. The number of ketones is 1. The van der Waals surface area contributed by atoms with E-state index in [9.17, 15) is 4.79 Å². The number of Topliss-reactive ketones (excluding diaryl/α,β-unsaturated/α-hetero) is 1. The summed E-state index contributed by atoms with van der Waals surface area (Å²) in [6.45, 7) is 2.29. The van der Waals surface area contributed by atoms with E-state index < -0.39 is 0 Å². The van der Waals surface area contributed by atoms with E-state index >= 15 is 0 Å². The summed E-state index contributed by atoms with van der Waals surface area (Å²) in [6.07, 6.45) is 4.62. The summed E-state index contributed by atoms with van der Waals surface area (Å²) in [5.41, 5.74) is 0. The van der Waals surface area contributed by atoms with E-state index in [0.29, 0.717) is 11.7 Å². The molecule has 0 amide bonds. The van der Waals surface area contributed by atoms with E-state index in [1.54, 1.807) is 11.3 Å². The van der Waals surface area contributed by atoms with Gasteiger partial charge in [-0.25, -0.2) is 0 Å². The second-order valence-corrected chi connectivity index (χ2v) is 6.50. The molecule has 0 bridgehead atoms. The van der Waals surface area contributed by atoms with Gasteiger partial charge < -0.3 is 0 Å². The molecule has 1 aliphatic carbocycles. The molecule has 0 atom stereocenters. The van der Waals surface area contributed by atoms with Crippen LogP contribution in [0.25, 0.3) is 0 Å². The number of carbonyl (C=O) groups excluding carboxylic acids is 1. The molecular weight excluding hydrogens is 319 g/mol. The van der Waals surface area contributed by atoms with Gasteiger partial charge in [0, 0.05) is 9.49 Å². The van der Waals surface area contributed by atoms with Crippen LogP contribution in [0.3, 0.4) is 0 Å². The number of thiophene rings is 1. The molecule has 0 N–H and O–H groups in total. The van der Waals surface area contributed by atoms with Crippen molar-refractivity contribution >= 4 is 39.7 Å². The molecule has 0 aliphatic heterocycles. The second-order valence-electron chi connectivity index (χ2n) is 4.42. The maximum atomic E-state index is 12.2. The van der Waals surface area contributed by atoms with Gasteiger partial charge in [0.05, 0.1) is 4.88 Å². The first-order valence-corrected chi connectivity index (χ1v) is 7.41. The topological polar surface area (TPSA) is 17.1 Å². The maximum absolute atomic E-state index is 12.2. The summed E-state index contributed by atoms with van der Waals surface area (Å²) in [6, 6.07) is 2.03. The molecule has 1 aliphatic rings. The molecule has 0 radical (unpaired) electrons. The standard InChI is InChI=1S/C12H15IOS/c1-8-2-4-9(5-3-8)11(14)12-10(13)6-7-15-12/h6-9H,2-5H2,1H3. The van der Waals surface area contributed by atoms with E-state index in [4.69, 9.17) is 0 Å². The lowest BCUT2D eigenvalue weighted by Crippen LogP contribution is -2.20. The van der Waals surface area contributed by atoms with E-state index in [0.717, 1.165) is 27.2 Å². The third-order valence-electron chi connectivity index (χ3n) is 3.23. The molecule has 1 saturated carbocycles. The number of rotatable bonds is 2. The van der Waals surface area contributed by atoms with Crippen LogP contribution in [-0.4, -0.2) is 5.78 Å². The number of hydrogen-bond acceptors (Lipinski definition) is 2. The van der Waals surface area contributed by atoms with Crippen molar-refractivity contribution in [1.29, 1.82) is 0 Å². The maximum Gasteiger partial charge on any atom is 0.176 e. The minimum Gasteiger partial charge on any atom is -0.293 e. The van der Waals surface area contributed by atoms with Crippen LogP contribution >= 0.6 is 33.9 Å². The number of carbonyl (C=O) groups is 1. The van der Waals surface area contributed by atoms with Crippen molar-refractivity contribution in [1.82, 2.24) is 0 Å². The molecule has 0 saturated heterocycles. The van der Waals surface area contributed by atoms with Gasteiger partial charge >= 0.3 is 0 Å². The van der Waals surface area contributed by atoms with Gasteiger partial charge in [-0.05, 0) is 52.8 Å². The van der Waals surface area contributed by atoms with Gasteiger partial charge in [0.25, 0.3) is 0 Å². The van der Waals surface area contributed by atoms with Crippen LogP contribution in [0.5, 0.6) is 0 Å². The third kappa shape index (κ3) is 2.61. The molecule has 1 nitrogen and oxygen atoms in total. The Morgan fingerprint density at radius 3 is 2.60 bits per heavy atom. The Labute approximate surface area is 108 Å². The summed E-state index contributed by atoms with van der Waals surface area (Å²) < 4.78 is 1.13. The van der Waals surface area contributed by atoms with Crippen LogP contribution in [0.2, 0.25) is 0 Å². The Hall–Kier alpha value is 0.100. The molecule has 0 unspecified atom stereocenters. The van der Waals surface area contributed by atoms with Crippen molar-refractivity contribution in [3.63, 3.8) is 0 Å². The monoisotopic (exact) mass is 334 g/mol. The van der Waals surface area contributed by atoms with Crippen molar-refractivity contribution in [3.05, 3.63) is 19.9 Å². The Morgan fingerprint density at radius 2 is 2.07 bits per heavy atom. The van der Waals surface area contributed by atoms with Crippen LogP contribution in [0.4, 0.5) is 0 Å². The lowest BCUT2D eigenvalue weighted by molar-refractivity contribution is 0.0879. The summed E-state index contributed by atoms with van der Waals surface area (Å²) in [5, 5.41) is 2.01.